The number of rotatable bonds is 6. The molecule has 2 rings (SSSR count). The summed E-state index contributed by atoms with van der Waals surface area (Å²) in [5.74, 6) is 0. The third-order valence-corrected chi connectivity index (χ3v) is 4.99. The van der Waals surface area contributed by atoms with Gasteiger partial charge in [0.05, 0.1) is 0 Å². The molecule has 2 aromatic rings. The van der Waals surface area contributed by atoms with Gasteiger partial charge in [-0.15, -0.1) is 0 Å². The lowest BCUT2D eigenvalue weighted by Crippen LogP contribution is -2.32. The predicted octanol–water partition coefficient (Wildman–Crippen LogP) is 2.67. The molecule has 0 saturated heterocycles. The average molecular weight is 355 g/mol. The molecule has 0 spiro atoms. The Hall–Kier alpha value is -1.24. The maximum atomic E-state index is 12.6. The SMILES string of the molecule is O=S(=O)(c1cccnc1)N(CCBr)Cc1ccccc1. The van der Waals surface area contributed by atoms with Crippen molar-refractivity contribution in [3.63, 3.8) is 0 Å². The molecule has 0 aliphatic heterocycles. The molecule has 1 aromatic heterocycles. The molecule has 106 valence electrons. The lowest BCUT2D eigenvalue weighted by atomic mass is 10.2. The first kappa shape index (κ1) is 15.2. The van der Waals surface area contributed by atoms with E-state index in [1.165, 1.54) is 10.5 Å². The van der Waals surface area contributed by atoms with Crippen molar-refractivity contribution in [3.05, 3.63) is 60.4 Å². The normalized spacial score (nSPS) is 11.7. The van der Waals surface area contributed by atoms with E-state index >= 15 is 0 Å². The first-order valence-electron chi connectivity index (χ1n) is 6.14. The molecule has 4 nitrogen and oxygen atoms in total. The summed E-state index contributed by atoms with van der Waals surface area (Å²) in [6.07, 6.45) is 2.94. The van der Waals surface area contributed by atoms with Crippen LogP contribution in [0.1, 0.15) is 5.56 Å². The van der Waals surface area contributed by atoms with E-state index in [9.17, 15) is 8.42 Å². The predicted molar refractivity (Wildman–Crippen MR) is 82.1 cm³/mol. The van der Waals surface area contributed by atoms with Gasteiger partial charge in [0.1, 0.15) is 4.90 Å². The number of aromatic nitrogens is 1. The summed E-state index contributed by atoms with van der Waals surface area (Å²) in [5.41, 5.74) is 0.959. The standard InChI is InChI=1S/C14H15BrN2O2S/c15-8-10-17(12-13-5-2-1-3-6-13)20(18,19)14-7-4-9-16-11-14/h1-7,9,11H,8,10,12H2. The molecule has 0 bridgehead atoms. The summed E-state index contributed by atoms with van der Waals surface area (Å²) in [6, 6.07) is 12.7. The van der Waals surface area contributed by atoms with Crippen molar-refractivity contribution in [2.45, 2.75) is 11.4 Å². The molecule has 0 N–H and O–H groups in total. The third kappa shape index (κ3) is 3.65. The van der Waals surface area contributed by atoms with Gasteiger partial charge in [-0.3, -0.25) is 4.98 Å². The van der Waals surface area contributed by atoms with Crippen LogP contribution in [0.3, 0.4) is 0 Å². The second-order valence-electron chi connectivity index (χ2n) is 4.20. The van der Waals surface area contributed by atoms with Crippen molar-refractivity contribution in [2.75, 3.05) is 11.9 Å². The maximum Gasteiger partial charge on any atom is 0.244 e. The highest BCUT2D eigenvalue weighted by Gasteiger charge is 2.24. The highest BCUT2D eigenvalue weighted by atomic mass is 79.9. The Bertz CT molecular complexity index is 633. The van der Waals surface area contributed by atoms with E-state index in [1.807, 2.05) is 30.3 Å². The van der Waals surface area contributed by atoms with Crippen molar-refractivity contribution in [2.24, 2.45) is 0 Å². The van der Waals surface area contributed by atoms with E-state index < -0.39 is 10.0 Å². The monoisotopic (exact) mass is 354 g/mol. The molecular weight excluding hydrogens is 340 g/mol. The van der Waals surface area contributed by atoms with Crippen molar-refractivity contribution >= 4 is 26.0 Å². The van der Waals surface area contributed by atoms with Gasteiger partial charge in [0.25, 0.3) is 0 Å². The molecule has 1 aromatic carbocycles. The number of alkyl halides is 1. The van der Waals surface area contributed by atoms with E-state index in [0.29, 0.717) is 18.4 Å². The Morgan fingerprint density at radius 3 is 2.45 bits per heavy atom. The number of sulfonamides is 1. The highest BCUT2D eigenvalue weighted by Crippen LogP contribution is 2.17. The number of halogens is 1. The van der Waals surface area contributed by atoms with Gasteiger partial charge in [0.15, 0.2) is 0 Å². The topological polar surface area (TPSA) is 50.3 Å². The Morgan fingerprint density at radius 2 is 1.85 bits per heavy atom. The minimum atomic E-state index is -3.52. The van der Waals surface area contributed by atoms with Gasteiger partial charge in [0, 0.05) is 30.8 Å². The lowest BCUT2D eigenvalue weighted by molar-refractivity contribution is 0.426. The number of benzene rings is 1. The molecule has 6 heteroatoms. The van der Waals surface area contributed by atoms with Crippen LogP contribution in [0.15, 0.2) is 59.8 Å². The maximum absolute atomic E-state index is 12.6. The van der Waals surface area contributed by atoms with Crippen LogP contribution in [0, 0.1) is 0 Å². The molecule has 0 aliphatic rings. The minimum absolute atomic E-state index is 0.219. The van der Waals surface area contributed by atoms with Gasteiger partial charge in [-0.25, -0.2) is 8.42 Å². The van der Waals surface area contributed by atoms with Crippen molar-refractivity contribution in [1.29, 1.82) is 0 Å². The number of hydrogen-bond donors (Lipinski definition) is 0. The molecule has 0 unspecified atom stereocenters. The zero-order valence-electron chi connectivity index (χ0n) is 10.8. The second-order valence-corrected chi connectivity index (χ2v) is 6.93. The summed E-state index contributed by atoms with van der Waals surface area (Å²) in [6.45, 7) is 0.760. The second kappa shape index (κ2) is 6.97. The highest BCUT2D eigenvalue weighted by molar-refractivity contribution is 9.09. The fraction of sp³-hybridized carbons (Fsp3) is 0.214. The Kier molecular flexibility index (Phi) is 5.28. The number of hydrogen-bond acceptors (Lipinski definition) is 3. The summed E-state index contributed by atoms with van der Waals surface area (Å²) >= 11 is 3.31. The fourth-order valence-corrected chi connectivity index (χ4v) is 3.87. The van der Waals surface area contributed by atoms with Gasteiger partial charge in [0.2, 0.25) is 10.0 Å². The van der Waals surface area contributed by atoms with Crippen LogP contribution in [0.4, 0.5) is 0 Å². The number of pyridine rings is 1. The van der Waals surface area contributed by atoms with Crippen molar-refractivity contribution in [3.8, 4) is 0 Å². The molecule has 0 atom stereocenters. The lowest BCUT2D eigenvalue weighted by Gasteiger charge is -2.21. The van der Waals surface area contributed by atoms with Crippen LogP contribution in [-0.4, -0.2) is 29.6 Å². The van der Waals surface area contributed by atoms with E-state index in [1.54, 1.807) is 18.3 Å². The largest absolute Gasteiger partial charge is 0.263 e. The van der Waals surface area contributed by atoms with Gasteiger partial charge in [-0.2, -0.15) is 4.31 Å². The summed E-state index contributed by atoms with van der Waals surface area (Å²) < 4.78 is 26.6. The van der Waals surface area contributed by atoms with Crippen LogP contribution in [0.25, 0.3) is 0 Å². The molecule has 0 amide bonds. The zero-order valence-corrected chi connectivity index (χ0v) is 13.2. The third-order valence-electron chi connectivity index (χ3n) is 2.81. The molecular formula is C14H15BrN2O2S. The van der Waals surface area contributed by atoms with Crippen LogP contribution >= 0.6 is 15.9 Å². The molecule has 20 heavy (non-hydrogen) atoms. The summed E-state index contributed by atoms with van der Waals surface area (Å²) in [7, 11) is -3.52. The van der Waals surface area contributed by atoms with E-state index in [-0.39, 0.29) is 4.90 Å². The minimum Gasteiger partial charge on any atom is -0.263 e. The van der Waals surface area contributed by atoms with Crippen LogP contribution < -0.4 is 0 Å². The molecule has 0 fully saturated rings. The van der Waals surface area contributed by atoms with Gasteiger partial charge < -0.3 is 0 Å². The fourth-order valence-electron chi connectivity index (χ4n) is 1.81. The molecule has 0 radical (unpaired) electrons. The first-order valence-corrected chi connectivity index (χ1v) is 8.71. The van der Waals surface area contributed by atoms with Crippen molar-refractivity contribution in [1.82, 2.24) is 9.29 Å². The Balaban J connectivity index is 2.29. The summed E-state index contributed by atoms with van der Waals surface area (Å²) in [5, 5.41) is 0.583. The smallest absolute Gasteiger partial charge is 0.244 e. The first-order chi connectivity index (χ1) is 9.64. The Morgan fingerprint density at radius 1 is 1.10 bits per heavy atom. The van der Waals surface area contributed by atoms with Gasteiger partial charge in [-0.05, 0) is 17.7 Å². The van der Waals surface area contributed by atoms with Gasteiger partial charge >= 0.3 is 0 Å². The Labute approximate surface area is 127 Å². The molecule has 0 aliphatic carbocycles. The molecule has 0 saturated carbocycles. The zero-order chi connectivity index (χ0) is 14.4. The number of nitrogens with zero attached hydrogens (tertiary/aromatic N) is 2. The quantitative estimate of drug-likeness (QED) is 0.749. The van der Waals surface area contributed by atoms with Crippen LogP contribution in [-0.2, 0) is 16.6 Å². The van der Waals surface area contributed by atoms with E-state index in [2.05, 4.69) is 20.9 Å². The van der Waals surface area contributed by atoms with Gasteiger partial charge in [-0.1, -0.05) is 46.3 Å². The van der Waals surface area contributed by atoms with Crippen LogP contribution in [0.5, 0.6) is 0 Å². The van der Waals surface area contributed by atoms with E-state index in [0.717, 1.165) is 5.56 Å². The average Bonchev–Trinajstić information content (AvgIpc) is 2.49. The summed E-state index contributed by atoms with van der Waals surface area (Å²) in [4.78, 5) is 4.10. The van der Waals surface area contributed by atoms with Crippen LogP contribution in [0.2, 0.25) is 0 Å². The van der Waals surface area contributed by atoms with Crippen molar-refractivity contribution < 1.29 is 8.42 Å². The molecule has 1 heterocycles. The van der Waals surface area contributed by atoms with E-state index in [4.69, 9.17) is 0 Å².